The van der Waals surface area contributed by atoms with E-state index in [1.807, 2.05) is 12.3 Å². The van der Waals surface area contributed by atoms with Crippen molar-refractivity contribution in [2.75, 3.05) is 0 Å². The molecule has 0 fully saturated rings. The topological polar surface area (TPSA) is 43.8 Å². The lowest BCUT2D eigenvalue weighted by molar-refractivity contribution is 0.513. The third-order valence-electron chi connectivity index (χ3n) is 3.97. The second-order valence-corrected chi connectivity index (χ2v) is 5.87. The van der Waals surface area contributed by atoms with Crippen LogP contribution in [0, 0.1) is 5.92 Å². The molecule has 3 heteroatoms. The summed E-state index contributed by atoms with van der Waals surface area (Å²) in [6.07, 6.45) is 6.13. The summed E-state index contributed by atoms with van der Waals surface area (Å²) in [5.74, 6) is 0.447. The third-order valence-corrected chi connectivity index (χ3v) is 3.97. The Morgan fingerprint density at radius 3 is 2.76 bits per heavy atom. The maximum absolute atomic E-state index is 6.21. The quantitative estimate of drug-likeness (QED) is 0.790. The molecule has 0 aliphatic heterocycles. The number of pyridine rings is 1. The van der Waals surface area contributed by atoms with Crippen LogP contribution in [0.5, 0.6) is 0 Å². The van der Waals surface area contributed by atoms with Crippen molar-refractivity contribution in [2.24, 2.45) is 11.7 Å². The van der Waals surface area contributed by atoms with Crippen molar-refractivity contribution in [3.8, 4) is 0 Å². The summed E-state index contributed by atoms with van der Waals surface area (Å²) < 4.78 is 2.19. The molecule has 0 aliphatic rings. The van der Waals surface area contributed by atoms with Crippen LogP contribution in [0.3, 0.4) is 0 Å². The second-order valence-electron chi connectivity index (χ2n) is 5.87. The van der Waals surface area contributed by atoms with E-state index in [0.717, 1.165) is 12.1 Å². The fourth-order valence-electron chi connectivity index (χ4n) is 2.63. The van der Waals surface area contributed by atoms with Gasteiger partial charge in [0.25, 0.3) is 0 Å². The summed E-state index contributed by atoms with van der Waals surface area (Å²) in [5.41, 5.74) is 9.73. The van der Waals surface area contributed by atoms with Crippen LogP contribution in [-0.4, -0.2) is 9.55 Å². The van der Waals surface area contributed by atoms with Gasteiger partial charge in [0, 0.05) is 36.6 Å². The highest BCUT2D eigenvalue weighted by Crippen LogP contribution is 2.21. The SMILES string of the molecule is CC(C)C(N)c1ccn(Cc2ccnc3ccccc23)c1. The average molecular weight is 279 g/mol. The zero-order valence-corrected chi connectivity index (χ0v) is 12.5. The fraction of sp³-hybridized carbons (Fsp3) is 0.278. The lowest BCUT2D eigenvalue weighted by Crippen LogP contribution is -2.15. The number of hydrogen-bond donors (Lipinski definition) is 1. The molecule has 0 saturated heterocycles. The summed E-state index contributed by atoms with van der Waals surface area (Å²) in [6, 6.07) is 12.6. The molecule has 0 saturated carbocycles. The Hall–Kier alpha value is -2.13. The fourth-order valence-corrected chi connectivity index (χ4v) is 2.63. The van der Waals surface area contributed by atoms with E-state index in [1.54, 1.807) is 0 Å². The van der Waals surface area contributed by atoms with Gasteiger partial charge in [0.15, 0.2) is 0 Å². The molecular formula is C18H21N3. The highest BCUT2D eigenvalue weighted by molar-refractivity contribution is 5.81. The van der Waals surface area contributed by atoms with Gasteiger partial charge in [-0.3, -0.25) is 4.98 Å². The van der Waals surface area contributed by atoms with E-state index in [-0.39, 0.29) is 6.04 Å². The van der Waals surface area contributed by atoms with Crippen molar-refractivity contribution >= 4 is 10.9 Å². The van der Waals surface area contributed by atoms with Crippen molar-refractivity contribution in [1.82, 2.24) is 9.55 Å². The van der Waals surface area contributed by atoms with Gasteiger partial charge in [0.05, 0.1) is 5.52 Å². The van der Waals surface area contributed by atoms with E-state index in [1.165, 1.54) is 16.5 Å². The number of fused-ring (bicyclic) bond motifs is 1. The second kappa shape index (κ2) is 5.70. The minimum atomic E-state index is 0.0976. The van der Waals surface area contributed by atoms with Crippen LogP contribution in [0.1, 0.15) is 31.0 Å². The smallest absolute Gasteiger partial charge is 0.0705 e. The minimum Gasteiger partial charge on any atom is -0.350 e. The van der Waals surface area contributed by atoms with Crippen LogP contribution in [0.25, 0.3) is 10.9 Å². The first-order valence-electron chi connectivity index (χ1n) is 7.39. The highest BCUT2D eigenvalue weighted by Gasteiger charge is 2.12. The molecule has 3 aromatic rings. The molecule has 0 bridgehead atoms. The molecule has 0 radical (unpaired) electrons. The largest absolute Gasteiger partial charge is 0.350 e. The van der Waals surface area contributed by atoms with Gasteiger partial charge in [0.1, 0.15) is 0 Å². The van der Waals surface area contributed by atoms with Crippen LogP contribution in [0.15, 0.2) is 55.0 Å². The molecule has 1 aromatic carbocycles. The number of aromatic nitrogens is 2. The minimum absolute atomic E-state index is 0.0976. The van der Waals surface area contributed by atoms with Gasteiger partial charge in [-0.25, -0.2) is 0 Å². The molecule has 2 N–H and O–H groups in total. The van der Waals surface area contributed by atoms with Crippen LogP contribution in [0.2, 0.25) is 0 Å². The molecule has 3 nitrogen and oxygen atoms in total. The van der Waals surface area contributed by atoms with E-state index in [9.17, 15) is 0 Å². The lowest BCUT2D eigenvalue weighted by Gasteiger charge is -2.13. The molecule has 0 aliphatic carbocycles. The first-order valence-corrected chi connectivity index (χ1v) is 7.39. The Morgan fingerprint density at radius 2 is 1.95 bits per heavy atom. The first kappa shape index (κ1) is 13.8. The van der Waals surface area contributed by atoms with Crippen molar-refractivity contribution in [1.29, 1.82) is 0 Å². The van der Waals surface area contributed by atoms with Gasteiger partial charge in [0.2, 0.25) is 0 Å². The molecule has 1 atom stereocenters. The van der Waals surface area contributed by atoms with Crippen LogP contribution in [0.4, 0.5) is 0 Å². The van der Waals surface area contributed by atoms with Crippen molar-refractivity contribution in [2.45, 2.75) is 26.4 Å². The van der Waals surface area contributed by atoms with Gasteiger partial charge in [-0.2, -0.15) is 0 Å². The Morgan fingerprint density at radius 1 is 1.14 bits per heavy atom. The molecule has 21 heavy (non-hydrogen) atoms. The summed E-state index contributed by atoms with van der Waals surface area (Å²) in [5, 5.41) is 1.21. The number of nitrogens with zero attached hydrogens (tertiary/aromatic N) is 2. The van der Waals surface area contributed by atoms with Gasteiger partial charge in [-0.15, -0.1) is 0 Å². The number of para-hydroxylation sites is 1. The highest BCUT2D eigenvalue weighted by atomic mass is 14.9. The van der Waals surface area contributed by atoms with Crippen LogP contribution < -0.4 is 5.73 Å². The van der Waals surface area contributed by atoms with E-state index < -0.39 is 0 Å². The monoisotopic (exact) mass is 279 g/mol. The van der Waals surface area contributed by atoms with Gasteiger partial charge in [-0.05, 0) is 35.2 Å². The summed E-state index contributed by atoms with van der Waals surface area (Å²) in [4.78, 5) is 4.41. The first-order chi connectivity index (χ1) is 10.1. The standard InChI is InChI=1S/C18H21N3/c1-13(2)18(19)15-8-10-21(12-15)11-14-7-9-20-17-6-4-3-5-16(14)17/h3-10,12-13,18H,11,19H2,1-2H3. The molecule has 3 rings (SSSR count). The normalized spacial score (nSPS) is 13.0. The zero-order chi connectivity index (χ0) is 14.8. The number of hydrogen-bond acceptors (Lipinski definition) is 2. The molecule has 2 heterocycles. The van der Waals surface area contributed by atoms with E-state index in [4.69, 9.17) is 5.73 Å². The summed E-state index contributed by atoms with van der Waals surface area (Å²) in [7, 11) is 0. The molecular weight excluding hydrogens is 258 g/mol. The summed E-state index contributed by atoms with van der Waals surface area (Å²) >= 11 is 0. The van der Waals surface area contributed by atoms with Crippen molar-refractivity contribution in [3.05, 3.63) is 66.1 Å². The lowest BCUT2D eigenvalue weighted by atomic mass is 10.00. The van der Waals surface area contributed by atoms with E-state index >= 15 is 0 Å². The van der Waals surface area contributed by atoms with Crippen molar-refractivity contribution in [3.63, 3.8) is 0 Å². The Balaban J connectivity index is 1.89. The maximum atomic E-state index is 6.21. The van der Waals surface area contributed by atoms with Crippen LogP contribution >= 0.6 is 0 Å². The Kier molecular flexibility index (Phi) is 3.76. The summed E-state index contributed by atoms with van der Waals surface area (Å²) in [6.45, 7) is 5.14. The Labute approximate surface area is 125 Å². The Bertz CT molecular complexity index is 738. The van der Waals surface area contributed by atoms with Gasteiger partial charge < -0.3 is 10.3 Å². The zero-order valence-electron chi connectivity index (χ0n) is 12.5. The van der Waals surface area contributed by atoms with Gasteiger partial charge in [-0.1, -0.05) is 32.0 Å². The number of benzene rings is 1. The predicted octanol–water partition coefficient (Wildman–Crippen LogP) is 3.74. The predicted molar refractivity (Wildman–Crippen MR) is 87.0 cm³/mol. The third kappa shape index (κ3) is 2.83. The van der Waals surface area contributed by atoms with E-state index in [0.29, 0.717) is 5.92 Å². The van der Waals surface area contributed by atoms with Crippen LogP contribution in [-0.2, 0) is 6.54 Å². The molecule has 0 spiro atoms. The van der Waals surface area contributed by atoms with E-state index in [2.05, 4.69) is 66.1 Å². The molecule has 108 valence electrons. The molecule has 0 amide bonds. The number of nitrogens with two attached hydrogens (primary N) is 1. The average Bonchev–Trinajstić information content (AvgIpc) is 2.95. The molecule has 1 unspecified atom stereocenters. The molecule has 2 aromatic heterocycles. The van der Waals surface area contributed by atoms with Gasteiger partial charge >= 0.3 is 0 Å². The maximum Gasteiger partial charge on any atom is 0.0705 e. The van der Waals surface area contributed by atoms with Crippen molar-refractivity contribution < 1.29 is 0 Å². The number of rotatable bonds is 4.